The number of ketones is 1. The van der Waals surface area contributed by atoms with Crippen molar-refractivity contribution in [3.05, 3.63) is 53.3 Å². The summed E-state index contributed by atoms with van der Waals surface area (Å²) in [4.78, 5) is 26.3. The van der Waals surface area contributed by atoms with Crippen molar-refractivity contribution >= 4 is 18.0 Å². The summed E-state index contributed by atoms with van der Waals surface area (Å²) in [7, 11) is 0. The van der Waals surface area contributed by atoms with E-state index in [4.69, 9.17) is 18.9 Å². The molecular weight excluding hydrogens is 362 g/mol. The molecule has 0 radical (unpaired) electrons. The fourth-order valence-electron chi connectivity index (χ4n) is 3.03. The van der Waals surface area contributed by atoms with Crippen molar-refractivity contribution in [3.63, 3.8) is 0 Å². The molecule has 28 heavy (non-hydrogen) atoms. The lowest BCUT2D eigenvalue weighted by atomic mass is 10.1. The van der Waals surface area contributed by atoms with E-state index in [0.717, 1.165) is 5.56 Å². The fraction of sp³-hybridized carbons (Fsp3) is 0.238. The van der Waals surface area contributed by atoms with Crippen LogP contribution in [-0.4, -0.2) is 36.7 Å². The number of ether oxygens (including phenoxy) is 4. The molecule has 144 valence electrons. The molecule has 0 saturated carbocycles. The normalized spacial score (nSPS) is 15.4. The Balaban J connectivity index is 1.54. The van der Waals surface area contributed by atoms with Crippen molar-refractivity contribution in [2.75, 3.05) is 19.9 Å². The van der Waals surface area contributed by atoms with E-state index in [-0.39, 0.29) is 18.3 Å². The van der Waals surface area contributed by atoms with Crippen LogP contribution in [0.5, 0.6) is 23.0 Å². The SMILES string of the molecule is CCN(CC)C(=O)Oc1ccc2c(c1)O/C(=C\c1ccc3c(c1)OCO3)C2=O. The third-order valence-corrected chi connectivity index (χ3v) is 4.56. The Labute approximate surface area is 162 Å². The summed E-state index contributed by atoms with van der Waals surface area (Å²) in [6.45, 7) is 5.05. The number of hydrogen-bond donors (Lipinski definition) is 0. The van der Waals surface area contributed by atoms with Gasteiger partial charge in [-0.3, -0.25) is 4.79 Å². The highest BCUT2D eigenvalue weighted by Gasteiger charge is 2.28. The topological polar surface area (TPSA) is 74.3 Å². The molecule has 2 aromatic carbocycles. The number of amides is 1. The summed E-state index contributed by atoms with van der Waals surface area (Å²) in [6, 6.07) is 10.1. The van der Waals surface area contributed by atoms with Gasteiger partial charge < -0.3 is 23.8 Å². The van der Waals surface area contributed by atoms with E-state index in [1.807, 2.05) is 19.9 Å². The highest BCUT2D eigenvalue weighted by molar-refractivity contribution is 6.14. The van der Waals surface area contributed by atoms with Crippen LogP contribution in [0.3, 0.4) is 0 Å². The Bertz CT molecular complexity index is 977. The van der Waals surface area contributed by atoms with Crippen LogP contribution in [0.15, 0.2) is 42.2 Å². The van der Waals surface area contributed by atoms with E-state index in [2.05, 4.69) is 0 Å². The van der Waals surface area contributed by atoms with Crippen LogP contribution in [0.25, 0.3) is 6.08 Å². The first kappa shape index (κ1) is 17.9. The average molecular weight is 381 g/mol. The molecule has 0 N–H and O–H groups in total. The summed E-state index contributed by atoms with van der Waals surface area (Å²) >= 11 is 0. The zero-order valence-electron chi connectivity index (χ0n) is 15.6. The molecule has 2 aliphatic heterocycles. The number of Topliss-reactive ketones (excluding diaryl/α,β-unsaturated/α-hetero) is 1. The summed E-state index contributed by atoms with van der Waals surface area (Å²) in [6.07, 6.45) is 1.21. The second-order valence-corrected chi connectivity index (χ2v) is 6.25. The minimum atomic E-state index is -0.439. The van der Waals surface area contributed by atoms with E-state index >= 15 is 0 Å². The Morgan fingerprint density at radius 3 is 2.64 bits per heavy atom. The van der Waals surface area contributed by atoms with Crippen LogP contribution in [0.1, 0.15) is 29.8 Å². The molecular formula is C21H19NO6. The average Bonchev–Trinajstić information content (AvgIpc) is 3.27. The number of fused-ring (bicyclic) bond motifs is 2. The van der Waals surface area contributed by atoms with Crippen molar-refractivity contribution < 1.29 is 28.5 Å². The number of hydrogen-bond acceptors (Lipinski definition) is 6. The monoisotopic (exact) mass is 381 g/mol. The summed E-state index contributed by atoms with van der Waals surface area (Å²) in [5.74, 6) is 1.96. The molecule has 0 atom stereocenters. The van der Waals surface area contributed by atoms with Crippen LogP contribution in [0.4, 0.5) is 4.79 Å². The summed E-state index contributed by atoms with van der Waals surface area (Å²) in [5.41, 5.74) is 1.18. The van der Waals surface area contributed by atoms with Gasteiger partial charge >= 0.3 is 6.09 Å². The van der Waals surface area contributed by atoms with Gasteiger partial charge in [0.25, 0.3) is 0 Å². The first-order chi connectivity index (χ1) is 13.6. The molecule has 7 heteroatoms. The number of nitrogens with zero attached hydrogens (tertiary/aromatic N) is 1. The van der Waals surface area contributed by atoms with Gasteiger partial charge in [-0.25, -0.2) is 4.79 Å². The maximum Gasteiger partial charge on any atom is 0.415 e. The molecule has 0 aliphatic carbocycles. The fourth-order valence-corrected chi connectivity index (χ4v) is 3.03. The van der Waals surface area contributed by atoms with Crippen LogP contribution >= 0.6 is 0 Å². The quantitative estimate of drug-likeness (QED) is 0.749. The molecule has 0 unspecified atom stereocenters. The molecule has 2 heterocycles. The Morgan fingerprint density at radius 1 is 1.07 bits per heavy atom. The first-order valence-corrected chi connectivity index (χ1v) is 9.03. The molecule has 0 spiro atoms. The number of benzene rings is 2. The number of rotatable bonds is 4. The van der Waals surface area contributed by atoms with Crippen molar-refractivity contribution in [2.24, 2.45) is 0 Å². The number of carbonyl (C=O) groups is 2. The lowest BCUT2D eigenvalue weighted by Gasteiger charge is -2.17. The smallest absolute Gasteiger partial charge is 0.415 e. The molecule has 4 rings (SSSR count). The van der Waals surface area contributed by atoms with Gasteiger partial charge in [0.1, 0.15) is 11.5 Å². The highest BCUT2D eigenvalue weighted by atomic mass is 16.7. The molecule has 0 fully saturated rings. The predicted octanol–water partition coefficient (Wildman–Crippen LogP) is 3.87. The minimum absolute atomic E-state index is 0.186. The standard InChI is InChI=1S/C21H19NO6/c1-3-22(4-2)21(24)27-14-6-7-15-17(11-14)28-19(20(15)23)10-13-5-8-16-18(9-13)26-12-25-16/h5-11H,3-4,12H2,1-2H3/b19-10-. The van der Waals surface area contributed by atoms with Gasteiger partial charge in [0.05, 0.1) is 5.56 Å². The zero-order valence-corrected chi connectivity index (χ0v) is 15.6. The van der Waals surface area contributed by atoms with Crippen molar-refractivity contribution in [2.45, 2.75) is 13.8 Å². The van der Waals surface area contributed by atoms with Crippen molar-refractivity contribution in [3.8, 4) is 23.0 Å². The second-order valence-electron chi connectivity index (χ2n) is 6.25. The van der Waals surface area contributed by atoms with Crippen molar-refractivity contribution in [1.82, 2.24) is 4.90 Å². The minimum Gasteiger partial charge on any atom is -0.454 e. The zero-order chi connectivity index (χ0) is 19.7. The third-order valence-electron chi connectivity index (χ3n) is 4.56. The van der Waals surface area contributed by atoms with E-state index in [1.165, 1.54) is 0 Å². The second kappa shape index (κ2) is 7.26. The molecule has 2 aromatic rings. The van der Waals surface area contributed by atoms with Gasteiger partial charge in [-0.05, 0) is 49.8 Å². The molecule has 0 bridgehead atoms. The number of carbonyl (C=O) groups excluding carboxylic acids is 2. The Kier molecular flexibility index (Phi) is 4.65. The van der Waals surface area contributed by atoms with E-state index < -0.39 is 6.09 Å². The third kappa shape index (κ3) is 3.26. The predicted molar refractivity (Wildman–Crippen MR) is 101 cm³/mol. The van der Waals surface area contributed by atoms with Crippen molar-refractivity contribution in [1.29, 1.82) is 0 Å². The van der Waals surface area contributed by atoms with Crippen LogP contribution < -0.4 is 18.9 Å². The van der Waals surface area contributed by atoms with E-state index in [0.29, 0.717) is 41.7 Å². The van der Waals surface area contributed by atoms with Gasteiger partial charge in [0.15, 0.2) is 17.3 Å². The maximum atomic E-state index is 12.6. The highest BCUT2D eigenvalue weighted by Crippen LogP contribution is 2.37. The lowest BCUT2D eigenvalue weighted by molar-refractivity contribution is 0.101. The summed E-state index contributed by atoms with van der Waals surface area (Å²) < 4.78 is 21.7. The van der Waals surface area contributed by atoms with Gasteiger partial charge in [-0.15, -0.1) is 0 Å². The molecule has 0 aromatic heterocycles. The lowest BCUT2D eigenvalue weighted by Crippen LogP contribution is -2.33. The largest absolute Gasteiger partial charge is 0.454 e. The van der Waals surface area contributed by atoms with Crippen LogP contribution in [0.2, 0.25) is 0 Å². The van der Waals surface area contributed by atoms with Crippen LogP contribution in [-0.2, 0) is 0 Å². The van der Waals surface area contributed by atoms with E-state index in [9.17, 15) is 9.59 Å². The number of allylic oxidation sites excluding steroid dienone is 1. The van der Waals surface area contributed by atoms with E-state index in [1.54, 1.807) is 41.3 Å². The molecule has 7 nitrogen and oxygen atoms in total. The molecule has 2 aliphatic rings. The maximum absolute atomic E-state index is 12.6. The Morgan fingerprint density at radius 2 is 1.86 bits per heavy atom. The van der Waals surface area contributed by atoms with Crippen LogP contribution in [0, 0.1) is 0 Å². The van der Waals surface area contributed by atoms with Gasteiger partial charge in [-0.1, -0.05) is 6.07 Å². The Hall–Kier alpha value is -3.48. The summed E-state index contributed by atoms with van der Waals surface area (Å²) in [5, 5.41) is 0. The molecule has 0 saturated heterocycles. The molecule has 1 amide bonds. The van der Waals surface area contributed by atoms with Gasteiger partial charge in [-0.2, -0.15) is 0 Å². The first-order valence-electron chi connectivity index (χ1n) is 9.03. The van der Waals surface area contributed by atoms with Gasteiger partial charge in [0, 0.05) is 19.2 Å². The van der Waals surface area contributed by atoms with Gasteiger partial charge in [0.2, 0.25) is 12.6 Å².